The number of hydrogen-bond donors (Lipinski definition) is 5. The number of aliphatic hydroxyl groups excluding tert-OH is 3. The SMILES string of the molecule is N[C@@H]1[C@@H](O)[C@H](n2cc(F)c(=O)[nH]c2=O)O[C@H](CO)[C@H]1O. The highest BCUT2D eigenvalue weighted by atomic mass is 19.1. The van der Waals surface area contributed by atoms with Crippen LogP contribution < -0.4 is 17.0 Å². The summed E-state index contributed by atoms with van der Waals surface area (Å²) in [5, 5.41) is 28.6. The van der Waals surface area contributed by atoms with Crippen LogP contribution >= 0.6 is 0 Å². The van der Waals surface area contributed by atoms with Crippen LogP contribution in [0.5, 0.6) is 0 Å². The van der Waals surface area contributed by atoms with Crippen molar-refractivity contribution in [3.05, 3.63) is 32.9 Å². The monoisotopic (exact) mass is 291 g/mol. The van der Waals surface area contributed by atoms with Crippen molar-refractivity contribution in [2.24, 2.45) is 5.73 Å². The molecule has 2 heterocycles. The van der Waals surface area contributed by atoms with Crippen LogP contribution in [-0.2, 0) is 4.74 Å². The molecule has 1 fully saturated rings. The van der Waals surface area contributed by atoms with E-state index in [2.05, 4.69) is 0 Å². The van der Waals surface area contributed by atoms with E-state index in [4.69, 9.17) is 15.6 Å². The van der Waals surface area contributed by atoms with E-state index in [1.165, 1.54) is 0 Å². The molecule has 0 unspecified atom stereocenters. The van der Waals surface area contributed by atoms with Gasteiger partial charge in [0, 0.05) is 0 Å². The smallest absolute Gasteiger partial charge is 0.330 e. The van der Waals surface area contributed by atoms with Gasteiger partial charge in [-0.3, -0.25) is 14.3 Å². The van der Waals surface area contributed by atoms with Crippen molar-refractivity contribution in [2.45, 2.75) is 30.6 Å². The van der Waals surface area contributed by atoms with Crippen molar-refractivity contribution in [3.63, 3.8) is 0 Å². The molecule has 6 N–H and O–H groups in total. The Morgan fingerprint density at radius 3 is 2.65 bits per heavy atom. The van der Waals surface area contributed by atoms with Crippen molar-refractivity contribution in [1.82, 2.24) is 9.55 Å². The quantitative estimate of drug-likeness (QED) is 0.381. The first-order valence-electron chi connectivity index (χ1n) is 5.75. The van der Waals surface area contributed by atoms with Crippen LogP contribution in [0.3, 0.4) is 0 Å². The Bertz CT molecular complexity index is 599. The highest BCUT2D eigenvalue weighted by molar-refractivity contribution is 4.96. The Balaban J connectivity index is 2.44. The van der Waals surface area contributed by atoms with Crippen LogP contribution in [-0.4, -0.2) is 55.8 Å². The second-order valence-electron chi connectivity index (χ2n) is 4.45. The van der Waals surface area contributed by atoms with Gasteiger partial charge in [0.1, 0.15) is 18.3 Å². The van der Waals surface area contributed by atoms with Crippen LogP contribution in [0.1, 0.15) is 6.23 Å². The molecule has 0 amide bonds. The Hall–Kier alpha value is -1.59. The number of aliphatic hydroxyl groups is 3. The molecule has 20 heavy (non-hydrogen) atoms. The van der Waals surface area contributed by atoms with Gasteiger partial charge in [-0.25, -0.2) is 4.79 Å². The standard InChI is InChI=1S/C10H14FN3O6/c11-3-1-14(10(19)13-8(3)18)9-7(17)5(12)6(16)4(2-15)20-9/h1,4-7,9,15-17H,2,12H2,(H,13,18,19)/t4-,5+,6-,7-,9-/m1/s1. The van der Waals surface area contributed by atoms with Crippen molar-refractivity contribution < 1.29 is 24.4 Å². The first-order valence-corrected chi connectivity index (χ1v) is 5.75. The first-order chi connectivity index (χ1) is 9.36. The number of halogens is 1. The maximum absolute atomic E-state index is 13.2. The summed E-state index contributed by atoms with van der Waals surface area (Å²) in [5.74, 6) is -1.25. The van der Waals surface area contributed by atoms with Crippen molar-refractivity contribution in [1.29, 1.82) is 0 Å². The van der Waals surface area contributed by atoms with E-state index in [1.807, 2.05) is 0 Å². The molecular formula is C10H14FN3O6. The number of aromatic nitrogens is 2. The third-order valence-corrected chi connectivity index (χ3v) is 3.15. The van der Waals surface area contributed by atoms with Gasteiger partial charge >= 0.3 is 5.69 Å². The number of rotatable bonds is 2. The van der Waals surface area contributed by atoms with Crippen LogP contribution in [0.25, 0.3) is 0 Å². The molecule has 1 saturated heterocycles. The van der Waals surface area contributed by atoms with Crippen LogP contribution in [0.2, 0.25) is 0 Å². The summed E-state index contributed by atoms with van der Waals surface area (Å²) >= 11 is 0. The summed E-state index contributed by atoms with van der Waals surface area (Å²) in [6.07, 6.45) is -4.91. The molecule has 1 aliphatic rings. The second kappa shape index (κ2) is 5.42. The number of hydrogen-bond acceptors (Lipinski definition) is 7. The topological polar surface area (TPSA) is 151 Å². The number of nitrogens with one attached hydrogen (secondary N) is 1. The Labute approximate surface area is 111 Å². The molecule has 9 nitrogen and oxygen atoms in total. The Kier molecular flexibility index (Phi) is 4.01. The molecule has 112 valence electrons. The molecule has 0 aliphatic carbocycles. The molecule has 0 saturated carbocycles. The zero-order chi connectivity index (χ0) is 15.0. The fourth-order valence-corrected chi connectivity index (χ4v) is 2.01. The molecule has 5 atom stereocenters. The van der Waals surface area contributed by atoms with Gasteiger partial charge in [-0.1, -0.05) is 0 Å². The van der Waals surface area contributed by atoms with Crippen LogP contribution in [0, 0.1) is 5.82 Å². The third kappa shape index (κ3) is 2.39. The molecule has 0 bridgehead atoms. The highest BCUT2D eigenvalue weighted by Crippen LogP contribution is 2.26. The predicted octanol–water partition coefficient (Wildman–Crippen LogP) is -3.39. The second-order valence-corrected chi connectivity index (χ2v) is 4.45. The fourth-order valence-electron chi connectivity index (χ4n) is 2.01. The highest BCUT2D eigenvalue weighted by Gasteiger charge is 2.43. The van der Waals surface area contributed by atoms with Crippen LogP contribution in [0.4, 0.5) is 4.39 Å². The molecule has 0 spiro atoms. The molecule has 10 heteroatoms. The van der Waals surface area contributed by atoms with E-state index in [1.54, 1.807) is 4.98 Å². The summed E-state index contributed by atoms with van der Waals surface area (Å²) in [5.41, 5.74) is 3.34. The van der Waals surface area contributed by atoms with E-state index >= 15 is 0 Å². The molecular weight excluding hydrogens is 277 g/mol. The minimum absolute atomic E-state index is 0.563. The van der Waals surface area contributed by atoms with Gasteiger partial charge in [-0.2, -0.15) is 4.39 Å². The zero-order valence-electron chi connectivity index (χ0n) is 10.1. The molecule has 0 radical (unpaired) electrons. The lowest BCUT2D eigenvalue weighted by atomic mass is 9.96. The Morgan fingerprint density at radius 2 is 2.05 bits per heavy atom. The molecule has 1 aromatic heterocycles. The summed E-state index contributed by atoms with van der Waals surface area (Å²) in [7, 11) is 0. The molecule has 1 aliphatic heterocycles. The van der Waals surface area contributed by atoms with Crippen LogP contribution in [0.15, 0.2) is 15.8 Å². The van der Waals surface area contributed by atoms with Gasteiger partial charge in [0.05, 0.1) is 18.8 Å². The largest absolute Gasteiger partial charge is 0.394 e. The lowest BCUT2D eigenvalue weighted by Gasteiger charge is -2.41. The summed E-state index contributed by atoms with van der Waals surface area (Å²) in [4.78, 5) is 24.2. The van der Waals surface area contributed by atoms with Crippen molar-refractivity contribution >= 4 is 0 Å². The lowest BCUT2D eigenvalue weighted by molar-refractivity contribution is -0.216. The third-order valence-electron chi connectivity index (χ3n) is 3.15. The fraction of sp³-hybridized carbons (Fsp3) is 0.600. The van der Waals surface area contributed by atoms with Gasteiger partial charge in [0.25, 0.3) is 5.56 Å². The Morgan fingerprint density at radius 1 is 1.40 bits per heavy atom. The summed E-state index contributed by atoms with van der Waals surface area (Å²) < 4.78 is 19.0. The van der Waals surface area contributed by atoms with Gasteiger partial charge in [-0.05, 0) is 0 Å². The van der Waals surface area contributed by atoms with Gasteiger partial charge < -0.3 is 25.8 Å². The number of nitrogens with zero attached hydrogens (tertiary/aromatic N) is 1. The summed E-state index contributed by atoms with van der Waals surface area (Å²) in [6.45, 7) is -0.612. The maximum Gasteiger partial charge on any atom is 0.330 e. The van der Waals surface area contributed by atoms with Crippen molar-refractivity contribution in [2.75, 3.05) is 6.61 Å². The average Bonchev–Trinajstić information content (AvgIpc) is 2.41. The number of nitrogens with two attached hydrogens (primary N) is 1. The molecule has 2 rings (SSSR count). The molecule has 0 aromatic carbocycles. The minimum Gasteiger partial charge on any atom is -0.394 e. The summed E-state index contributed by atoms with van der Waals surface area (Å²) in [6, 6.07) is -1.22. The van der Waals surface area contributed by atoms with E-state index < -0.39 is 54.3 Å². The molecule has 1 aromatic rings. The van der Waals surface area contributed by atoms with E-state index in [0.717, 1.165) is 0 Å². The van der Waals surface area contributed by atoms with E-state index in [9.17, 15) is 24.2 Å². The maximum atomic E-state index is 13.2. The normalized spacial score (nSPS) is 34.1. The number of aromatic amines is 1. The number of ether oxygens (including phenoxy) is 1. The zero-order valence-corrected chi connectivity index (χ0v) is 10.1. The average molecular weight is 291 g/mol. The lowest BCUT2D eigenvalue weighted by Crippen LogP contribution is -2.61. The predicted molar refractivity (Wildman–Crippen MR) is 62.3 cm³/mol. The van der Waals surface area contributed by atoms with E-state index in [0.29, 0.717) is 10.8 Å². The van der Waals surface area contributed by atoms with Gasteiger partial charge in [0.2, 0.25) is 5.82 Å². The van der Waals surface area contributed by atoms with Gasteiger partial charge in [0.15, 0.2) is 6.23 Å². The van der Waals surface area contributed by atoms with E-state index in [-0.39, 0.29) is 0 Å². The first kappa shape index (κ1) is 14.8. The minimum atomic E-state index is -1.53. The van der Waals surface area contributed by atoms with Crippen molar-refractivity contribution in [3.8, 4) is 0 Å². The van der Waals surface area contributed by atoms with Gasteiger partial charge in [-0.15, -0.1) is 0 Å². The number of H-pyrrole nitrogens is 1.